The summed E-state index contributed by atoms with van der Waals surface area (Å²) in [5.74, 6) is 1.77. The quantitative estimate of drug-likeness (QED) is 0.116. The summed E-state index contributed by atoms with van der Waals surface area (Å²) in [5.41, 5.74) is 11.0. The number of hydrogen-bond donors (Lipinski definition) is 3. The zero-order valence-electron chi connectivity index (χ0n) is 36.0. The van der Waals surface area contributed by atoms with Crippen molar-refractivity contribution in [3.8, 4) is 34.6 Å². The number of methoxy groups -OCH3 is 1. The fourth-order valence-electron chi connectivity index (χ4n) is 8.56. The highest BCUT2D eigenvalue weighted by Gasteiger charge is 2.34. The first kappa shape index (κ1) is 44.2. The van der Waals surface area contributed by atoms with Crippen LogP contribution in [0.1, 0.15) is 79.7 Å². The summed E-state index contributed by atoms with van der Waals surface area (Å²) in [7, 11) is 1.68. The predicted octanol–water partition coefficient (Wildman–Crippen LogP) is 10.5. The SMILES string of the molecule is C#Cc1ccc(N[C@@H]2C[C@H](C)N(C(C)=O)c3ccc(-c4cnn(CCOC)c4)cc32)cc1.CC(=O)N1c2ccc(-c3ccc(C(=O)O)cc3)cc2[C@H](Nc2ccc(Cl)cc2)C[C@@H]1C. The summed E-state index contributed by atoms with van der Waals surface area (Å²) in [6.45, 7) is 8.68. The Kier molecular flexibility index (Phi) is 13.6. The van der Waals surface area contributed by atoms with E-state index in [1.807, 2.05) is 93.6 Å². The maximum atomic E-state index is 12.4. The van der Waals surface area contributed by atoms with Crippen LogP contribution in [-0.4, -0.2) is 58.5 Å². The van der Waals surface area contributed by atoms with E-state index < -0.39 is 5.97 Å². The summed E-state index contributed by atoms with van der Waals surface area (Å²) in [4.78, 5) is 39.7. The number of aromatic nitrogens is 2. The lowest BCUT2D eigenvalue weighted by atomic mass is 9.88. The van der Waals surface area contributed by atoms with Crippen molar-refractivity contribution in [2.24, 2.45) is 0 Å². The van der Waals surface area contributed by atoms with Crippen LogP contribution in [0, 0.1) is 12.3 Å². The van der Waals surface area contributed by atoms with Crippen LogP contribution in [0.4, 0.5) is 22.7 Å². The van der Waals surface area contributed by atoms with Crippen LogP contribution in [0.2, 0.25) is 5.02 Å². The highest BCUT2D eigenvalue weighted by Crippen LogP contribution is 2.43. The molecule has 4 atom stereocenters. The molecule has 322 valence electrons. The molecule has 8 rings (SSSR count). The van der Waals surface area contributed by atoms with Crippen LogP contribution in [0.15, 0.2) is 122 Å². The Morgan fingerprint density at radius 2 is 1.24 bits per heavy atom. The van der Waals surface area contributed by atoms with Crippen molar-refractivity contribution >= 4 is 52.1 Å². The Hall–Kier alpha value is -6.87. The summed E-state index contributed by atoms with van der Waals surface area (Å²) < 4.78 is 7.03. The maximum Gasteiger partial charge on any atom is 0.335 e. The van der Waals surface area contributed by atoms with E-state index in [4.69, 9.17) is 27.9 Å². The van der Waals surface area contributed by atoms with Crippen molar-refractivity contribution in [3.63, 3.8) is 0 Å². The van der Waals surface area contributed by atoms with Crippen molar-refractivity contribution in [2.75, 3.05) is 34.2 Å². The number of halogens is 1. The third-order valence-electron chi connectivity index (χ3n) is 11.6. The van der Waals surface area contributed by atoms with Crippen molar-refractivity contribution in [1.29, 1.82) is 0 Å². The van der Waals surface area contributed by atoms with E-state index in [1.165, 1.54) is 0 Å². The molecule has 0 spiro atoms. The summed E-state index contributed by atoms with van der Waals surface area (Å²) >= 11 is 6.02. The average Bonchev–Trinajstić information content (AvgIpc) is 3.75. The molecule has 3 N–H and O–H groups in total. The minimum absolute atomic E-state index is 0.0113. The number of fused-ring (bicyclic) bond motifs is 2. The predicted molar refractivity (Wildman–Crippen MR) is 251 cm³/mol. The number of aromatic carboxylic acids is 1. The normalized spacial score (nSPS) is 17.6. The molecule has 0 radical (unpaired) electrons. The van der Waals surface area contributed by atoms with Gasteiger partial charge in [0.25, 0.3) is 0 Å². The lowest BCUT2D eigenvalue weighted by Crippen LogP contribution is -2.43. The van der Waals surface area contributed by atoms with Gasteiger partial charge in [-0.05, 0) is 139 Å². The standard InChI is InChI=1S/C26H28N4O2.C25H23ClN2O3/c1-5-20-6-9-23(10-7-20)28-25-14-18(2)30(19(3)31)26-11-8-21(15-24(25)26)22-16-27-29(17-22)12-13-32-4;1-15-13-23(27-21-10-8-20(26)9-11-21)22-14-19(7-12-24(22)28(15)16(2)29)17-3-5-18(6-4-17)25(30)31/h1,6-11,15-18,25,28H,12-14H2,2-4H3;3-12,14-15,23,27H,13H2,1-2H3,(H,30,31)/t18-,25+;15-,23+/m00/s1. The number of nitrogens with zero attached hydrogens (tertiary/aromatic N) is 4. The fraction of sp³-hybridized carbons (Fsp3) is 0.255. The zero-order valence-corrected chi connectivity index (χ0v) is 36.8. The van der Waals surface area contributed by atoms with E-state index in [0.717, 1.165) is 74.5 Å². The largest absolute Gasteiger partial charge is 0.478 e. The molecule has 12 heteroatoms. The molecule has 0 bridgehead atoms. The molecule has 5 aromatic carbocycles. The number of carbonyl (C=O) groups excluding carboxylic acids is 2. The summed E-state index contributed by atoms with van der Waals surface area (Å²) in [6, 6.07) is 34.8. The van der Waals surface area contributed by atoms with Gasteiger partial charge in [-0.2, -0.15) is 5.10 Å². The number of ether oxygens (including phenoxy) is 1. The molecule has 0 saturated carbocycles. The Bertz CT molecular complexity index is 2640. The third-order valence-corrected chi connectivity index (χ3v) is 11.8. The Morgan fingerprint density at radius 3 is 1.71 bits per heavy atom. The van der Waals surface area contributed by atoms with Gasteiger partial charge in [-0.15, -0.1) is 6.42 Å². The molecule has 6 aromatic rings. The van der Waals surface area contributed by atoms with Gasteiger partial charge in [0.05, 0.1) is 37.0 Å². The van der Waals surface area contributed by atoms with Crippen LogP contribution >= 0.6 is 11.6 Å². The molecule has 0 unspecified atom stereocenters. The number of terminal acetylenes is 1. The second-order valence-electron chi connectivity index (χ2n) is 16.0. The van der Waals surface area contributed by atoms with Gasteiger partial charge in [0.1, 0.15) is 0 Å². The molecule has 1 aromatic heterocycles. The first-order valence-electron chi connectivity index (χ1n) is 20.9. The number of rotatable bonds is 10. The van der Waals surface area contributed by atoms with Crippen LogP contribution in [0.3, 0.4) is 0 Å². The van der Waals surface area contributed by atoms with Gasteiger partial charge in [-0.1, -0.05) is 41.8 Å². The second-order valence-corrected chi connectivity index (χ2v) is 16.4. The molecular weight excluding hydrogens is 812 g/mol. The second kappa shape index (κ2) is 19.5. The Labute approximate surface area is 373 Å². The lowest BCUT2D eigenvalue weighted by molar-refractivity contribution is -0.118. The van der Waals surface area contributed by atoms with Crippen molar-refractivity contribution in [2.45, 2.75) is 71.2 Å². The summed E-state index contributed by atoms with van der Waals surface area (Å²) in [6.07, 6.45) is 10.9. The highest BCUT2D eigenvalue weighted by molar-refractivity contribution is 6.30. The first-order chi connectivity index (χ1) is 30.3. The van der Waals surface area contributed by atoms with Gasteiger partial charge in [0, 0.05) is 78.1 Å². The smallest absolute Gasteiger partial charge is 0.335 e. The number of amides is 2. The van der Waals surface area contributed by atoms with Crippen LogP contribution in [-0.2, 0) is 20.9 Å². The van der Waals surface area contributed by atoms with E-state index >= 15 is 0 Å². The molecule has 0 saturated heterocycles. The highest BCUT2D eigenvalue weighted by atomic mass is 35.5. The van der Waals surface area contributed by atoms with Crippen molar-refractivity contribution in [3.05, 3.63) is 149 Å². The Balaban J connectivity index is 0.000000189. The lowest BCUT2D eigenvalue weighted by Gasteiger charge is -2.39. The van der Waals surface area contributed by atoms with Gasteiger partial charge in [0.2, 0.25) is 11.8 Å². The molecule has 63 heavy (non-hydrogen) atoms. The van der Waals surface area contributed by atoms with Crippen molar-refractivity contribution in [1.82, 2.24) is 9.78 Å². The summed E-state index contributed by atoms with van der Waals surface area (Å²) in [5, 5.41) is 21.5. The minimum Gasteiger partial charge on any atom is -0.478 e. The number of carboxylic acids is 1. The number of benzene rings is 5. The number of carboxylic acid groups (broad SMARTS) is 1. The minimum atomic E-state index is -0.949. The van der Waals surface area contributed by atoms with Gasteiger partial charge in [0.15, 0.2) is 0 Å². The topological polar surface area (TPSA) is 129 Å². The molecule has 11 nitrogen and oxygen atoms in total. The van der Waals surface area contributed by atoms with Gasteiger partial charge in [-0.25, -0.2) is 4.79 Å². The van der Waals surface area contributed by atoms with Crippen LogP contribution in [0.25, 0.3) is 22.3 Å². The van der Waals surface area contributed by atoms with E-state index in [9.17, 15) is 14.4 Å². The molecule has 2 aliphatic heterocycles. The van der Waals surface area contributed by atoms with E-state index in [2.05, 4.69) is 53.7 Å². The maximum absolute atomic E-state index is 12.4. The Morgan fingerprint density at radius 1 is 0.746 bits per heavy atom. The number of anilines is 4. The first-order valence-corrected chi connectivity index (χ1v) is 21.3. The molecule has 2 amide bonds. The molecule has 0 aliphatic carbocycles. The van der Waals surface area contributed by atoms with Crippen LogP contribution in [0.5, 0.6) is 0 Å². The fourth-order valence-corrected chi connectivity index (χ4v) is 8.68. The molecular formula is C51H51ClN6O5. The van der Waals surface area contributed by atoms with Gasteiger partial charge >= 0.3 is 5.97 Å². The monoisotopic (exact) mass is 862 g/mol. The number of nitrogens with one attached hydrogen (secondary N) is 2. The third kappa shape index (κ3) is 10.1. The van der Waals surface area contributed by atoms with Gasteiger partial charge in [-0.3, -0.25) is 14.3 Å². The van der Waals surface area contributed by atoms with E-state index in [-0.39, 0.29) is 41.5 Å². The zero-order chi connectivity index (χ0) is 44.8. The number of carbonyl (C=O) groups is 3. The van der Waals surface area contributed by atoms with E-state index in [1.54, 1.807) is 45.2 Å². The molecule has 2 aliphatic rings. The number of hydrogen-bond acceptors (Lipinski definition) is 7. The average molecular weight is 863 g/mol. The van der Waals surface area contributed by atoms with Crippen LogP contribution < -0.4 is 20.4 Å². The van der Waals surface area contributed by atoms with Gasteiger partial charge < -0.3 is 30.3 Å². The van der Waals surface area contributed by atoms with Crippen molar-refractivity contribution < 1.29 is 24.2 Å². The molecule has 3 heterocycles. The molecule has 0 fully saturated rings. The van der Waals surface area contributed by atoms with E-state index in [0.29, 0.717) is 18.2 Å².